The SMILES string of the molecule is Cc1ccc(Cl)cc1NC(=O)COC(=O)c1cccc(S(=O)(=O)N2CCc3ccccc32)c1. The molecule has 1 aliphatic rings. The monoisotopic (exact) mass is 484 g/mol. The molecule has 3 aromatic rings. The lowest BCUT2D eigenvalue weighted by atomic mass is 10.2. The number of benzene rings is 3. The number of rotatable bonds is 6. The summed E-state index contributed by atoms with van der Waals surface area (Å²) in [4.78, 5) is 24.7. The zero-order valence-corrected chi connectivity index (χ0v) is 19.3. The Kier molecular flexibility index (Phi) is 6.40. The second-order valence-corrected chi connectivity index (χ2v) is 9.87. The second kappa shape index (κ2) is 9.25. The zero-order valence-electron chi connectivity index (χ0n) is 17.7. The van der Waals surface area contributed by atoms with Crippen LogP contribution in [-0.4, -0.2) is 33.4 Å². The first-order chi connectivity index (χ1) is 15.8. The summed E-state index contributed by atoms with van der Waals surface area (Å²) in [6.07, 6.45) is 0.623. The summed E-state index contributed by atoms with van der Waals surface area (Å²) >= 11 is 5.95. The Balaban J connectivity index is 1.45. The predicted molar refractivity (Wildman–Crippen MR) is 126 cm³/mol. The number of hydrogen-bond donors (Lipinski definition) is 1. The molecule has 7 nitrogen and oxygen atoms in total. The van der Waals surface area contributed by atoms with Crippen molar-refractivity contribution in [3.05, 3.63) is 88.4 Å². The number of amides is 1. The average molecular weight is 485 g/mol. The Morgan fingerprint density at radius 3 is 2.67 bits per heavy atom. The lowest BCUT2D eigenvalue weighted by Crippen LogP contribution is -2.29. The third-order valence-electron chi connectivity index (χ3n) is 5.31. The minimum Gasteiger partial charge on any atom is -0.452 e. The number of ether oxygens (including phenoxy) is 1. The number of nitrogens with zero attached hydrogens (tertiary/aromatic N) is 1. The fraction of sp³-hybridized carbons (Fsp3) is 0.167. The van der Waals surface area contributed by atoms with Crippen LogP contribution in [-0.2, 0) is 26.0 Å². The number of nitrogens with one attached hydrogen (secondary N) is 1. The fourth-order valence-corrected chi connectivity index (χ4v) is 5.32. The van der Waals surface area contributed by atoms with Crippen molar-refractivity contribution in [1.82, 2.24) is 0 Å². The first-order valence-electron chi connectivity index (χ1n) is 10.2. The number of sulfonamides is 1. The topological polar surface area (TPSA) is 92.8 Å². The van der Waals surface area contributed by atoms with Crippen LogP contribution in [0.1, 0.15) is 21.5 Å². The van der Waals surface area contributed by atoms with Gasteiger partial charge in [0, 0.05) is 17.3 Å². The molecule has 1 heterocycles. The van der Waals surface area contributed by atoms with Crippen LogP contribution in [0.25, 0.3) is 0 Å². The number of esters is 1. The van der Waals surface area contributed by atoms with Gasteiger partial charge >= 0.3 is 5.97 Å². The predicted octanol–water partition coefficient (Wildman–Crippen LogP) is 4.20. The van der Waals surface area contributed by atoms with Crippen LogP contribution >= 0.6 is 11.6 Å². The summed E-state index contributed by atoms with van der Waals surface area (Å²) < 4.78 is 32.8. The number of carbonyl (C=O) groups is 2. The van der Waals surface area contributed by atoms with E-state index in [2.05, 4.69) is 5.32 Å². The van der Waals surface area contributed by atoms with Gasteiger partial charge in [-0.1, -0.05) is 41.9 Å². The number of hydrogen-bond acceptors (Lipinski definition) is 5. The molecule has 0 unspecified atom stereocenters. The van der Waals surface area contributed by atoms with Gasteiger partial charge in [0.25, 0.3) is 15.9 Å². The Morgan fingerprint density at radius 2 is 1.85 bits per heavy atom. The number of fused-ring (bicyclic) bond motifs is 1. The minimum atomic E-state index is -3.86. The standard InChI is InChI=1S/C24H21ClN2O5S/c1-16-9-10-19(25)14-21(16)26-23(28)15-32-24(29)18-6-4-7-20(13-18)33(30,31)27-12-11-17-5-2-3-8-22(17)27/h2-10,13-14H,11-12,15H2,1H3,(H,26,28). The van der Waals surface area contributed by atoms with Crippen molar-refractivity contribution in [2.75, 3.05) is 22.8 Å². The van der Waals surface area contributed by atoms with Gasteiger partial charge in [-0.2, -0.15) is 0 Å². The molecule has 0 saturated heterocycles. The number of para-hydroxylation sites is 1. The molecule has 0 bridgehead atoms. The van der Waals surface area contributed by atoms with Gasteiger partial charge in [-0.25, -0.2) is 13.2 Å². The molecule has 0 fully saturated rings. The lowest BCUT2D eigenvalue weighted by molar-refractivity contribution is -0.119. The van der Waals surface area contributed by atoms with Crippen molar-refractivity contribution >= 4 is 44.9 Å². The minimum absolute atomic E-state index is 0.0207. The molecule has 0 saturated carbocycles. The van der Waals surface area contributed by atoms with E-state index in [9.17, 15) is 18.0 Å². The van der Waals surface area contributed by atoms with Crippen molar-refractivity contribution in [3.63, 3.8) is 0 Å². The first-order valence-corrected chi connectivity index (χ1v) is 12.0. The highest BCUT2D eigenvalue weighted by Gasteiger charge is 2.31. The van der Waals surface area contributed by atoms with Crippen LogP contribution in [0.15, 0.2) is 71.6 Å². The first kappa shape index (κ1) is 22.8. The molecule has 0 spiro atoms. The molecule has 3 aromatic carbocycles. The van der Waals surface area contributed by atoms with Crippen LogP contribution in [0.3, 0.4) is 0 Å². The molecule has 1 amide bonds. The highest BCUT2D eigenvalue weighted by Crippen LogP contribution is 2.32. The Morgan fingerprint density at radius 1 is 1.06 bits per heavy atom. The molecule has 0 aliphatic carbocycles. The molecular weight excluding hydrogens is 464 g/mol. The molecule has 1 N–H and O–H groups in total. The smallest absolute Gasteiger partial charge is 0.338 e. The summed E-state index contributed by atoms with van der Waals surface area (Å²) in [6.45, 7) is 1.61. The van der Waals surface area contributed by atoms with E-state index in [0.717, 1.165) is 11.1 Å². The van der Waals surface area contributed by atoms with Crippen LogP contribution in [0.5, 0.6) is 0 Å². The molecule has 33 heavy (non-hydrogen) atoms. The normalized spacial score (nSPS) is 12.8. The maximum atomic E-state index is 13.2. The lowest BCUT2D eigenvalue weighted by Gasteiger charge is -2.19. The van der Waals surface area contributed by atoms with Crippen LogP contribution in [0, 0.1) is 6.92 Å². The zero-order chi connectivity index (χ0) is 23.6. The third-order valence-corrected chi connectivity index (χ3v) is 7.35. The molecule has 1 aliphatic heterocycles. The van der Waals surface area contributed by atoms with E-state index in [1.165, 1.54) is 28.6 Å². The largest absolute Gasteiger partial charge is 0.452 e. The highest BCUT2D eigenvalue weighted by atomic mass is 35.5. The number of carbonyl (C=O) groups excluding carboxylic acids is 2. The van der Waals surface area contributed by atoms with E-state index in [0.29, 0.717) is 29.4 Å². The third kappa shape index (κ3) is 4.86. The van der Waals surface area contributed by atoms with Crippen molar-refractivity contribution < 1.29 is 22.7 Å². The molecular formula is C24H21ClN2O5S. The molecule has 0 atom stereocenters. The van der Waals surface area contributed by atoms with Gasteiger partial charge in [-0.15, -0.1) is 0 Å². The van der Waals surface area contributed by atoms with Gasteiger partial charge < -0.3 is 10.1 Å². The van der Waals surface area contributed by atoms with Crippen LogP contribution < -0.4 is 9.62 Å². The van der Waals surface area contributed by atoms with Gasteiger partial charge in [0.15, 0.2) is 6.61 Å². The number of aryl methyl sites for hydroxylation is 1. The molecule has 170 valence electrons. The van der Waals surface area contributed by atoms with E-state index in [1.54, 1.807) is 30.3 Å². The summed E-state index contributed by atoms with van der Waals surface area (Å²) in [5, 5.41) is 3.10. The molecule has 0 aromatic heterocycles. The summed E-state index contributed by atoms with van der Waals surface area (Å²) in [6, 6.07) is 18.0. The Bertz CT molecular complexity index is 1340. The van der Waals surface area contributed by atoms with Gasteiger partial charge in [-0.3, -0.25) is 9.10 Å². The summed E-state index contributed by atoms with van der Waals surface area (Å²) in [7, 11) is -3.86. The van der Waals surface area contributed by atoms with Crippen molar-refractivity contribution in [3.8, 4) is 0 Å². The van der Waals surface area contributed by atoms with E-state index >= 15 is 0 Å². The maximum Gasteiger partial charge on any atom is 0.338 e. The maximum absolute atomic E-state index is 13.2. The van der Waals surface area contributed by atoms with Crippen molar-refractivity contribution in [1.29, 1.82) is 0 Å². The van der Waals surface area contributed by atoms with Crippen molar-refractivity contribution in [2.45, 2.75) is 18.2 Å². The summed E-state index contributed by atoms with van der Waals surface area (Å²) in [5.74, 6) is -1.34. The summed E-state index contributed by atoms with van der Waals surface area (Å²) in [5.41, 5.74) is 2.95. The van der Waals surface area contributed by atoms with Crippen molar-refractivity contribution in [2.24, 2.45) is 0 Å². The van der Waals surface area contributed by atoms with Crippen LogP contribution in [0.4, 0.5) is 11.4 Å². The number of halogens is 1. The molecule has 4 rings (SSSR count). The fourth-order valence-electron chi connectivity index (χ4n) is 3.60. The number of anilines is 2. The van der Waals surface area contributed by atoms with E-state index < -0.39 is 28.5 Å². The molecule has 9 heteroatoms. The molecule has 0 radical (unpaired) electrons. The van der Waals surface area contributed by atoms with E-state index in [4.69, 9.17) is 16.3 Å². The highest BCUT2D eigenvalue weighted by molar-refractivity contribution is 7.92. The van der Waals surface area contributed by atoms with Gasteiger partial charge in [0.05, 0.1) is 16.1 Å². The van der Waals surface area contributed by atoms with Gasteiger partial charge in [0.2, 0.25) is 0 Å². The van der Waals surface area contributed by atoms with Gasteiger partial charge in [-0.05, 0) is 60.9 Å². The van der Waals surface area contributed by atoms with E-state index in [-0.39, 0.29) is 10.5 Å². The quantitative estimate of drug-likeness (QED) is 0.529. The Labute approximate surface area is 197 Å². The second-order valence-electron chi connectivity index (χ2n) is 7.57. The van der Waals surface area contributed by atoms with Crippen LogP contribution in [0.2, 0.25) is 5.02 Å². The van der Waals surface area contributed by atoms with Gasteiger partial charge in [0.1, 0.15) is 0 Å². The average Bonchev–Trinajstić information content (AvgIpc) is 3.25. The van der Waals surface area contributed by atoms with E-state index in [1.807, 2.05) is 19.1 Å². The Hall–Kier alpha value is -3.36.